The third-order valence-corrected chi connectivity index (χ3v) is 0. The number of thiol groups is 7. The first kappa shape index (κ1) is 986. The second kappa shape index (κ2) is 5970. The van der Waals surface area contributed by atoms with Gasteiger partial charge in [0.25, 0.3) is 0 Å². The van der Waals surface area contributed by atoms with Gasteiger partial charge < -0.3 is 203 Å². The number of hydrogen-bond donors (Lipinski definition) is 40. The van der Waals surface area contributed by atoms with Crippen LogP contribution in [0.5, 0.6) is 0 Å². The van der Waals surface area contributed by atoms with Gasteiger partial charge in [-0.15, -0.1) is 0 Å². The number of hydrogen-bond acceptors (Lipinski definition) is 47. The fourth-order valence-corrected chi connectivity index (χ4v) is 0. The molecule has 99 N–H and O–H groups in total. The Morgan fingerprint density at radius 2 is 0.130 bits per heavy atom. The smallest absolute Gasteiger partial charge is 0.130 e. The summed E-state index contributed by atoms with van der Waals surface area (Å²) >= 11 is 21.7. The molecule has 0 aromatic carbocycles. The SMILES string of the molecule is N.N.N.N.N.N.N.N.N.N.N.N.N.N.N.N.N.N.N.N.N.N.N.N.N.N.N.N.N.N.N.N.N.N#CS.N#CS.N#CS.N#CS.N#CS.N#CS.N#CS. The average Bonchev–Trinajstić information content (AvgIpc) is 2.35. The third kappa shape index (κ3) is 19600. The van der Waals surface area contributed by atoms with Crippen molar-refractivity contribution in [3.8, 4) is 37.8 Å². The molecule has 0 spiro atoms. The molecule has 376 valence electrons. The molecular weight excluding hydrogens is 869 g/mol. The van der Waals surface area contributed by atoms with Crippen molar-refractivity contribution in [1.29, 1.82) is 36.8 Å². The second-order valence-electron chi connectivity index (χ2n) is 0.700. The van der Waals surface area contributed by atoms with E-state index in [1.165, 1.54) is 37.8 Å². The topological polar surface area (TPSA) is 1320 Å². The van der Waals surface area contributed by atoms with Crippen molar-refractivity contribution >= 4 is 88.4 Å². The van der Waals surface area contributed by atoms with Gasteiger partial charge in [-0.2, -0.15) is 36.8 Å². The predicted octanol–water partition coefficient (Wildman–Crippen LogP) is 8.13. The van der Waals surface area contributed by atoms with Crippen LogP contribution in [0.3, 0.4) is 0 Å². The van der Waals surface area contributed by atoms with Crippen LogP contribution >= 0.6 is 88.4 Å². The van der Waals surface area contributed by atoms with Crippen molar-refractivity contribution in [2.45, 2.75) is 0 Å². The van der Waals surface area contributed by atoms with Crippen LogP contribution in [0.15, 0.2) is 0 Å². The van der Waals surface area contributed by atoms with Crippen molar-refractivity contribution in [3.63, 3.8) is 0 Å². The van der Waals surface area contributed by atoms with E-state index in [1.54, 1.807) is 0 Å². The molecule has 0 aliphatic heterocycles. The molecule has 0 aromatic heterocycles. The minimum absolute atomic E-state index is 0. The maximum atomic E-state index is 7.18. The van der Waals surface area contributed by atoms with Gasteiger partial charge in [0.1, 0.15) is 37.8 Å². The molecule has 0 aliphatic rings. The molecule has 54 heavy (non-hydrogen) atoms. The Hall–Kier alpha value is -2.44. The lowest BCUT2D eigenvalue weighted by Crippen LogP contribution is -0.961. The van der Waals surface area contributed by atoms with Crippen molar-refractivity contribution in [3.05, 3.63) is 0 Å². The fourth-order valence-electron chi connectivity index (χ4n) is 0. The zero-order valence-corrected chi connectivity index (χ0v) is 39.4. The van der Waals surface area contributed by atoms with Crippen LogP contribution in [0, 0.1) is 74.6 Å². The lowest BCUT2D eigenvalue weighted by atomic mass is 11.8. The molecule has 0 fully saturated rings. The Labute approximate surface area is 364 Å². The molecule has 0 heterocycles. The maximum Gasteiger partial charge on any atom is 0.130 e. The number of nitrogens with zero attached hydrogens (tertiary/aromatic N) is 7. The van der Waals surface area contributed by atoms with Crippen molar-refractivity contribution in [2.75, 3.05) is 0 Å². The summed E-state index contributed by atoms with van der Waals surface area (Å²) in [7, 11) is 0. The summed E-state index contributed by atoms with van der Waals surface area (Å²) in [6.07, 6.45) is 0. The zero-order chi connectivity index (χ0) is 18.9. The van der Waals surface area contributed by atoms with Gasteiger partial charge in [-0.05, 0) is 0 Å². The highest BCUT2D eigenvalue weighted by molar-refractivity contribution is 7.86. The molecule has 0 atom stereocenters. The Kier molecular flexibility index (Phi) is 109000. The Morgan fingerprint density at radius 3 is 0.130 bits per heavy atom. The lowest BCUT2D eigenvalue weighted by Gasteiger charge is -1.14. The van der Waals surface area contributed by atoms with E-state index in [-0.39, 0.29) is 203 Å². The summed E-state index contributed by atoms with van der Waals surface area (Å²) in [4.78, 5) is 0. The lowest BCUT2D eigenvalue weighted by molar-refractivity contribution is 1.57. The van der Waals surface area contributed by atoms with Gasteiger partial charge in [-0.3, -0.25) is 0 Å². The van der Waals surface area contributed by atoms with E-state index in [4.69, 9.17) is 36.8 Å². The van der Waals surface area contributed by atoms with Gasteiger partial charge >= 0.3 is 0 Å². The van der Waals surface area contributed by atoms with E-state index in [0.29, 0.717) is 0 Å². The summed E-state index contributed by atoms with van der Waals surface area (Å²) in [5.41, 5.74) is 0. The Balaban J connectivity index is -0.00000000101. The molecule has 0 aromatic rings. The van der Waals surface area contributed by atoms with Crippen LogP contribution in [-0.4, -0.2) is 0 Å². The van der Waals surface area contributed by atoms with Crippen molar-refractivity contribution < 1.29 is 0 Å². The van der Waals surface area contributed by atoms with Gasteiger partial charge in [-0.1, -0.05) is 88.4 Å². The molecule has 0 rings (SSSR count). The summed E-state index contributed by atoms with van der Waals surface area (Å²) in [5, 5.41) is 60.4. The normalized spacial score (nSPS) is 1.04. The van der Waals surface area contributed by atoms with Gasteiger partial charge in [0, 0.05) is 0 Å². The van der Waals surface area contributed by atoms with Crippen molar-refractivity contribution in [1.82, 2.24) is 203 Å². The first-order chi connectivity index (χ1) is 9.90. The van der Waals surface area contributed by atoms with Gasteiger partial charge in [0.2, 0.25) is 0 Å². The third-order valence-electron chi connectivity index (χ3n) is 0. The van der Waals surface area contributed by atoms with Gasteiger partial charge in [0.15, 0.2) is 0 Å². The van der Waals surface area contributed by atoms with E-state index >= 15 is 0 Å². The Morgan fingerprint density at radius 1 is 0.130 bits per heavy atom. The van der Waals surface area contributed by atoms with Crippen LogP contribution in [0.25, 0.3) is 0 Å². The molecule has 0 aliphatic carbocycles. The van der Waals surface area contributed by atoms with Gasteiger partial charge in [0.05, 0.1) is 0 Å². The molecular formula is C7H106N40S7. The summed E-state index contributed by atoms with van der Waals surface area (Å²) in [6, 6.07) is 0. The van der Waals surface area contributed by atoms with Crippen LogP contribution in [0.4, 0.5) is 0 Å². The molecule has 0 radical (unpaired) electrons. The zero-order valence-electron chi connectivity index (χ0n) is 33.1. The molecule has 0 unspecified atom stereocenters. The highest BCUT2D eigenvalue weighted by atomic mass is 32.1. The Bertz CT molecular complexity index is 327. The van der Waals surface area contributed by atoms with E-state index in [2.05, 4.69) is 88.4 Å². The minimum Gasteiger partial charge on any atom is -0.344 e. The van der Waals surface area contributed by atoms with Gasteiger partial charge in [-0.25, -0.2) is 0 Å². The largest absolute Gasteiger partial charge is 0.344 e. The predicted molar refractivity (Wildman–Crippen MR) is 268 cm³/mol. The summed E-state index contributed by atoms with van der Waals surface area (Å²) in [5.74, 6) is 0. The quantitative estimate of drug-likeness (QED) is 0.0804. The van der Waals surface area contributed by atoms with E-state index in [0.717, 1.165) is 0 Å². The number of rotatable bonds is 0. The molecule has 40 nitrogen and oxygen atoms in total. The molecule has 0 saturated heterocycles. The van der Waals surface area contributed by atoms with Crippen molar-refractivity contribution in [2.24, 2.45) is 0 Å². The van der Waals surface area contributed by atoms with E-state index < -0.39 is 0 Å². The fraction of sp³-hybridized carbons (Fsp3) is 0. The van der Waals surface area contributed by atoms with Crippen LogP contribution in [-0.2, 0) is 0 Å². The molecule has 47 heteroatoms. The van der Waals surface area contributed by atoms with Crippen LogP contribution < -0.4 is 203 Å². The highest BCUT2D eigenvalue weighted by Gasteiger charge is 1.20. The highest BCUT2D eigenvalue weighted by Crippen LogP contribution is 1.48. The first-order valence-electron chi connectivity index (χ1n) is 3.13. The maximum absolute atomic E-state index is 7.18. The molecule has 0 amide bonds. The average molecular weight is 976 g/mol. The molecule has 0 saturated carbocycles. The summed E-state index contributed by atoms with van der Waals surface area (Å²) in [6.45, 7) is 0. The standard InChI is InChI=1S/7CHNS.33H3N/c7*2-1-3;;;;;;;;;;;;;;;;;;;;;;;;;;;;;;;;;/h7*3H;33*1H3. The molecule has 0 bridgehead atoms. The first-order valence-corrected chi connectivity index (χ1v) is 6.26. The number of nitriles is 7. The number of thiocyanates is 7. The monoisotopic (exact) mass is 975 g/mol. The van der Waals surface area contributed by atoms with Crippen LogP contribution in [0.2, 0.25) is 0 Å². The summed E-state index contributed by atoms with van der Waals surface area (Å²) < 4.78 is 0. The van der Waals surface area contributed by atoms with E-state index in [9.17, 15) is 0 Å². The van der Waals surface area contributed by atoms with E-state index in [1.807, 2.05) is 0 Å². The second-order valence-corrected chi connectivity index (χ2v) is 2.10. The minimum atomic E-state index is 0. The van der Waals surface area contributed by atoms with Crippen LogP contribution in [0.1, 0.15) is 0 Å².